The van der Waals surface area contributed by atoms with Crippen LogP contribution in [0.15, 0.2) is 24.3 Å². The third kappa shape index (κ3) is 1.53. The number of nitrogens with zero attached hydrogens (tertiary/aromatic N) is 1. The van der Waals surface area contributed by atoms with Crippen molar-refractivity contribution in [3.05, 3.63) is 29.8 Å². The van der Waals surface area contributed by atoms with Crippen molar-refractivity contribution in [1.29, 1.82) is 0 Å². The quantitative estimate of drug-likeness (QED) is 0.671. The number of alkyl halides is 1. The fourth-order valence-electron chi connectivity index (χ4n) is 2.22. The molecule has 2 unspecified atom stereocenters. The topological polar surface area (TPSA) is 20.3 Å². The maximum Gasteiger partial charge on any atom is 0.242 e. The second-order valence-corrected chi connectivity index (χ2v) is 4.25. The molecule has 1 aromatic carbocycles. The molecule has 2 atom stereocenters. The Hall–Kier alpha value is -1.02. The van der Waals surface area contributed by atoms with E-state index in [4.69, 9.17) is 11.6 Å². The average molecular weight is 224 g/mol. The van der Waals surface area contributed by atoms with Crippen LogP contribution < -0.4 is 4.90 Å². The van der Waals surface area contributed by atoms with E-state index in [1.165, 1.54) is 5.56 Å². The lowest BCUT2D eigenvalue weighted by atomic mass is 9.98. The fraction of sp³-hybridized carbons (Fsp3) is 0.417. The van der Waals surface area contributed by atoms with E-state index in [1.807, 2.05) is 23.1 Å². The zero-order valence-electron chi connectivity index (χ0n) is 8.90. The van der Waals surface area contributed by atoms with E-state index in [0.717, 1.165) is 5.69 Å². The normalized spacial score (nSPS) is 24.1. The van der Waals surface area contributed by atoms with Gasteiger partial charge in [-0.3, -0.25) is 4.79 Å². The first kappa shape index (κ1) is 10.5. The van der Waals surface area contributed by atoms with Crippen LogP contribution in [0, 0.1) is 0 Å². The van der Waals surface area contributed by atoms with Crippen LogP contribution in [-0.2, 0) is 4.79 Å². The molecule has 2 nitrogen and oxygen atoms in total. The number of benzene rings is 1. The van der Waals surface area contributed by atoms with Crippen LogP contribution in [0.5, 0.6) is 0 Å². The number of para-hydroxylation sites is 1. The molecule has 1 heterocycles. The second-order valence-electron chi connectivity index (χ2n) is 3.99. The highest BCUT2D eigenvalue weighted by Crippen LogP contribution is 2.40. The Balaban J connectivity index is 2.46. The molecule has 1 aliphatic heterocycles. The molecule has 0 spiro atoms. The lowest BCUT2D eigenvalue weighted by Gasteiger charge is -2.23. The van der Waals surface area contributed by atoms with Crippen molar-refractivity contribution >= 4 is 23.2 Å². The Bertz CT molecular complexity index is 391. The van der Waals surface area contributed by atoms with Crippen molar-refractivity contribution in [2.24, 2.45) is 0 Å². The number of carbonyl (C=O) groups is 1. The predicted molar refractivity (Wildman–Crippen MR) is 62.5 cm³/mol. The SMILES string of the molecule is CC1c2ccccc2N(C(=O)CCl)C1C. The van der Waals surface area contributed by atoms with Crippen LogP contribution >= 0.6 is 11.6 Å². The van der Waals surface area contributed by atoms with Crippen LogP contribution in [0.1, 0.15) is 25.3 Å². The van der Waals surface area contributed by atoms with Gasteiger partial charge in [0.15, 0.2) is 0 Å². The molecule has 3 heteroatoms. The summed E-state index contributed by atoms with van der Waals surface area (Å²) in [5.74, 6) is 0.417. The van der Waals surface area contributed by atoms with Gasteiger partial charge in [0.25, 0.3) is 0 Å². The van der Waals surface area contributed by atoms with Crippen molar-refractivity contribution < 1.29 is 4.79 Å². The van der Waals surface area contributed by atoms with Gasteiger partial charge < -0.3 is 4.90 Å². The number of carbonyl (C=O) groups excluding carboxylic acids is 1. The summed E-state index contributed by atoms with van der Waals surface area (Å²) in [5, 5.41) is 0. The third-order valence-corrected chi connectivity index (χ3v) is 3.43. The van der Waals surface area contributed by atoms with Gasteiger partial charge in [-0.1, -0.05) is 25.1 Å². The van der Waals surface area contributed by atoms with E-state index in [0.29, 0.717) is 5.92 Å². The first-order chi connectivity index (χ1) is 7.16. The summed E-state index contributed by atoms with van der Waals surface area (Å²) >= 11 is 5.62. The number of rotatable bonds is 1. The van der Waals surface area contributed by atoms with Gasteiger partial charge in [-0.15, -0.1) is 11.6 Å². The van der Waals surface area contributed by atoms with Crippen molar-refractivity contribution in [1.82, 2.24) is 0 Å². The Morgan fingerprint density at radius 2 is 2.07 bits per heavy atom. The molecule has 0 fully saturated rings. The minimum Gasteiger partial charge on any atom is -0.308 e. The monoisotopic (exact) mass is 223 g/mol. The fourth-order valence-corrected chi connectivity index (χ4v) is 2.35. The molecule has 0 bridgehead atoms. The van der Waals surface area contributed by atoms with Gasteiger partial charge in [-0.2, -0.15) is 0 Å². The second kappa shape index (κ2) is 3.86. The number of hydrogen-bond acceptors (Lipinski definition) is 1. The van der Waals surface area contributed by atoms with E-state index < -0.39 is 0 Å². The van der Waals surface area contributed by atoms with Gasteiger partial charge in [-0.25, -0.2) is 0 Å². The molecular formula is C12H14ClNO. The largest absolute Gasteiger partial charge is 0.308 e. The summed E-state index contributed by atoms with van der Waals surface area (Å²) in [7, 11) is 0. The molecular weight excluding hydrogens is 210 g/mol. The molecule has 0 aromatic heterocycles. The Labute approximate surface area is 94.8 Å². The Morgan fingerprint density at radius 3 is 2.73 bits per heavy atom. The first-order valence-corrected chi connectivity index (χ1v) is 5.67. The lowest BCUT2D eigenvalue weighted by Crippen LogP contribution is -2.37. The number of amides is 1. The number of fused-ring (bicyclic) bond motifs is 1. The molecule has 0 aliphatic carbocycles. The molecule has 0 N–H and O–H groups in total. The first-order valence-electron chi connectivity index (χ1n) is 5.13. The standard InChI is InChI=1S/C12H14ClNO/c1-8-9(2)14(12(15)7-13)11-6-4-3-5-10(8)11/h3-6,8-9H,7H2,1-2H3. The maximum atomic E-state index is 11.7. The highest BCUT2D eigenvalue weighted by Gasteiger charge is 2.35. The van der Waals surface area contributed by atoms with Crippen molar-refractivity contribution in [2.45, 2.75) is 25.8 Å². The number of hydrogen-bond donors (Lipinski definition) is 0. The highest BCUT2D eigenvalue weighted by molar-refractivity contribution is 6.29. The summed E-state index contributed by atoms with van der Waals surface area (Å²) < 4.78 is 0. The average Bonchev–Trinajstić information content (AvgIpc) is 2.52. The number of anilines is 1. The molecule has 0 radical (unpaired) electrons. The lowest BCUT2D eigenvalue weighted by molar-refractivity contribution is -0.116. The summed E-state index contributed by atoms with van der Waals surface area (Å²) in [6, 6.07) is 8.24. The van der Waals surface area contributed by atoms with Gasteiger partial charge in [0.05, 0.1) is 0 Å². The Kier molecular flexibility index (Phi) is 2.70. The van der Waals surface area contributed by atoms with Crippen molar-refractivity contribution in [3.8, 4) is 0 Å². The van der Waals surface area contributed by atoms with Gasteiger partial charge >= 0.3 is 0 Å². The van der Waals surface area contributed by atoms with Crippen LogP contribution in [0.25, 0.3) is 0 Å². The predicted octanol–water partition coefficient (Wildman–Crippen LogP) is 2.76. The third-order valence-electron chi connectivity index (χ3n) is 3.20. The van der Waals surface area contributed by atoms with E-state index in [2.05, 4.69) is 19.9 Å². The summed E-state index contributed by atoms with van der Waals surface area (Å²) in [5.41, 5.74) is 2.26. The summed E-state index contributed by atoms with van der Waals surface area (Å²) in [6.45, 7) is 4.21. The molecule has 1 aromatic rings. The van der Waals surface area contributed by atoms with Gasteiger partial charge in [0.1, 0.15) is 5.88 Å². The Morgan fingerprint density at radius 1 is 1.40 bits per heavy atom. The molecule has 0 saturated heterocycles. The molecule has 1 amide bonds. The van der Waals surface area contributed by atoms with Crippen LogP contribution in [0.4, 0.5) is 5.69 Å². The molecule has 15 heavy (non-hydrogen) atoms. The summed E-state index contributed by atoms with van der Waals surface area (Å²) in [4.78, 5) is 13.5. The van der Waals surface area contributed by atoms with E-state index >= 15 is 0 Å². The molecule has 1 aliphatic rings. The zero-order chi connectivity index (χ0) is 11.0. The minimum absolute atomic E-state index is 0.0130. The van der Waals surface area contributed by atoms with Crippen LogP contribution in [0.3, 0.4) is 0 Å². The minimum atomic E-state index is -0.0130. The van der Waals surface area contributed by atoms with E-state index in [1.54, 1.807) is 0 Å². The highest BCUT2D eigenvalue weighted by atomic mass is 35.5. The molecule has 80 valence electrons. The zero-order valence-corrected chi connectivity index (χ0v) is 9.66. The van der Waals surface area contributed by atoms with Gasteiger partial charge in [0.2, 0.25) is 5.91 Å². The van der Waals surface area contributed by atoms with Crippen molar-refractivity contribution in [3.63, 3.8) is 0 Å². The molecule has 0 saturated carbocycles. The van der Waals surface area contributed by atoms with Crippen molar-refractivity contribution in [2.75, 3.05) is 10.8 Å². The van der Waals surface area contributed by atoms with E-state index in [9.17, 15) is 4.79 Å². The number of halogens is 1. The van der Waals surface area contributed by atoms with Crippen LogP contribution in [0.2, 0.25) is 0 Å². The smallest absolute Gasteiger partial charge is 0.242 e. The summed E-state index contributed by atoms with van der Waals surface area (Å²) in [6.07, 6.45) is 0. The van der Waals surface area contributed by atoms with E-state index in [-0.39, 0.29) is 17.8 Å². The maximum absolute atomic E-state index is 11.7. The van der Waals surface area contributed by atoms with Gasteiger partial charge in [-0.05, 0) is 18.6 Å². The van der Waals surface area contributed by atoms with Gasteiger partial charge in [0, 0.05) is 17.6 Å². The van der Waals surface area contributed by atoms with Crippen LogP contribution in [-0.4, -0.2) is 17.8 Å². The molecule has 2 rings (SSSR count).